The van der Waals surface area contributed by atoms with Crippen LogP contribution in [0.15, 0.2) is 42.6 Å². The highest BCUT2D eigenvalue weighted by Crippen LogP contribution is 2.12. The largest absolute Gasteiger partial charge is 0.372 e. The highest BCUT2D eigenvalue weighted by atomic mass is 32.1. The molecule has 0 unspecified atom stereocenters. The fourth-order valence-electron chi connectivity index (χ4n) is 1.09. The molecule has 1 aromatic heterocycles. The lowest BCUT2D eigenvalue weighted by atomic mass is 10.2. The maximum atomic E-state index is 4.01. The molecule has 0 saturated heterocycles. The fourth-order valence-corrected chi connectivity index (χ4v) is 1.59. The van der Waals surface area contributed by atoms with Gasteiger partial charge in [0.15, 0.2) is 0 Å². The molecule has 1 aromatic carbocycles. The van der Waals surface area contributed by atoms with Crippen molar-refractivity contribution in [3.05, 3.63) is 48.2 Å². The first-order valence-corrected chi connectivity index (χ1v) is 4.91. The maximum absolute atomic E-state index is 4.01. The summed E-state index contributed by atoms with van der Waals surface area (Å²) in [4.78, 5) is 0. The average Bonchev–Trinajstić information content (AvgIpc) is 2.69. The zero-order chi connectivity index (χ0) is 8.93. The van der Waals surface area contributed by atoms with Crippen molar-refractivity contribution in [3.8, 4) is 0 Å². The Hall–Kier alpha value is -1.35. The third-order valence-corrected chi connectivity index (χ3v) is 2.45. The van der Waals surface area contributed by atoms with Gasteiger partial charge in [-0.1, -0.05) is 30.3 Å². The van der Waals surface area contributed by atoms with E-state index in [0.717, 1.165) is 11.5 Å². The summed E-state index contributed by atoms with van der Waals surface area (Å²) in [6, 6.07) is 12.3. The second-order valence-electron chi connectivity index (χ2n) is 2.72. The van der Waals surface area contributed by atoms with Crippen LogP contribution in [-0.4, -0.2) is 4.37 Å². The number of benzene rings is 1. The highest BCUT2D eigenvalue weighted by Gasteiger charge is 1.93. The molecule has 0 radical (unpaired) electrons. The van der Waals surface area contributed by atoms with Crippen LogP contribution in [-0.2, 0) is 6.54 Å². The summed E-state index contributed by atoms with van der Waals surface area (Å²) in [5, 5.41) is 4.41. The molecule has 2 aromatic rings. The molecule has 13 heavy (non-hydrogen) atoms. The predicted octanol–water partition coefficient (Wildman–Crippen LogP) is 2.76. The maximum Gasteiger partial charge on any atom is 0.109 e. The highest BCUT2D eigenvalue weighted by molar-refractivity contribution is 7.10. The van der Waals surface area contributed by atoms with Crippen molar-refractivity contribution in [1.29, 1.82) is 0 Å². The van der Waals surface area contributed by atoms with Crippen molar-refractivity contribution in [2.75, 3.05) is 5.32 Å². The van der Waals surface area contributed by atoms with E-state index in [-0.39, 0.29) is 0 Å². The van der Waals surface area contributed by atoms with E-state index in [1.807, 2.05) is 24.3 Å². The molecule has 0 bridgehead atoms. The van der Waals surface area contributed by atoms with E-state index in [1.165, 1.54) is 17.1 Å². The Labute approximate surface area is 81.4 Å². The molecule has 0 atom stereocenters. The molecule has 0 spiro atoms. The SMILES string of the molecule is c1ccc(CNc2ccns2)cc1. The smallest absolute Gasteiger partial charge is 0.109 e. The lowest BCUT2D eigenvalue weighted by Gasteiger charge is -2.01. The van der Waals surface area contributed by atoms with Crippen LogP contribution in [0.3, 0.4) is 0 Å². The standard InChI is InChI=1S/C10H10N2S/c1-2-4-9(5-3-1)8-11-10-6-7-12-13-10/h1-7,11H,8H2. The monoisotopic (exact) mass is 190 g/mol. The van der Waals surface area contributed by atoms with Gasteiger partial charge in [0.2, 0.25) is 0 Å². The first kappa shape index (κ1) is 8.26. The van der Waals surface area contributed by atoms with Crippen LogP contribution < -0.4 is 5.32 Å². The van der Waals surface area contributed by atoms with Crippen molar-refractivity contribution in [2.45, 2.75) is 6.54 Å². The number of anilines is 1. The summed E-state index contributed by atoms with van der Waals surface area (Å²) in [6.07, 6.45) is 1.80. The third-order valence-electron chi connectivity index (χ3n) is 1.75. The molecule has 0 aliphatic carbocycles. The third kappa shape index (κ3) is 2.29. The Bertz CT molecular complexity index is 342. The van der Waals surface area contributed by atoms with E-state index in [0.29, 0.717) is 0 Å². The van der Waals surface area contributed by atoms with Gasteiger partial charge in [0.05, 0.1) is 0 Å². The van der Waals surface area contributed by atoms with Gasteiger partial charge >= 0.3 is 0 Å². The zero-order valence-corrected chi connectivity index (χ0v) is 7.92. The number of rotatable bonds is 3. The first-order valence-electron chi connectivity index (χ1n) is 4.13. The normalized spacial score (nSPS) is 9.85. The summed E-state index contributed by atoms with van der Waals surface area (Å²) >= 11 is 1.48. The van der Waals surface area contributed by atoms with Crippen molar-refractivity contribution in [1.82, 2.24) is 4.37 Å². The van der Waals surface area contributed by atoms with E-state index in [9.17, 15) is 0 Å². The summed E-state index contributed by atoms with van der Waals surface area (Å²) in [6.45, 7) is 0.864. The van der Waals surface area contributed by atoms with Crippen LogP contribution in [0.25, 0.3) is 0 Å². The predicted molar refractivity (Wildman–Crippen MR) is 55.9 cm³/mol. The van der Waals surface area contributed by atoms with Crippen molar-refractivity contribution < 1.29 is 0 Å². The molecule has 2 nitrogen and oxygen atoms in total. The van der Waals surface area contributed by atoms with Crippen LogP contribution in [0.1, 0.15) is 5.56 Å². The Morgan fingerprint density at radius 3 is 2.69 bits per heavy atom. The van der Waals surface area contributed by atoms with Crippen molar-refractivity contribution in [3.63, 3.8) is 0 Å². The minimum absolute atomic E-state index is 0.864. The minimum atomic E-state index is 0.864. The van der Waals surface area contributed by atoms with Gasteiger partial charge in [0, 0.05) is 12.7 Å². The topological polar surface area (TPSA) is 24.9 Å². The van der Waals surface area contributed by atoms with E-state index >= 15 is 0 Å². The van der Waals surface area contributed by atoms with Crippen LogP contribution in [0, 0.1) is 0 Å². The number of nitrogens with zero attached hydrogens (tertiary/aromatic N) is 1. The van der Waals surface area contributed by atoms with Gasteiger partial charge in [-0.05, 0) is 23.2 Å². The Morgan fingerprint density at radius 2 is 2.00 bits per heavy atom. The van der Waals surface area contributed by atoms with Gasteiger partial charge < -0.3 is 5.32 Å². The van der Waals surface area contributed by atoms with Crippen LogP contribution in [0.5, 0.6) is 0 Å². The Morgan fingerprint density at radius 1 is 1.15 bits per heavy atom. The van der Waals surface area contributed by atoms with Crippen LogP contribution >= 0.6 is 11.5 Å². The molecule has 0 aliphatic rings. The van der Waals surface area contributed by atoms with Gasteiger partial charge in [0.25, 0.3) is 0 Å². The molecular weight excluding hydrogens is 180 g/mol. The molecule has 3 heteroatoms. The van der Waals surface area contributed by atoms with Crippen LogP contribution in [0.4, 0.5) is 5.00 Å². The van der Waals surface area contributed by atoms with E-state index in [4.69, 9.17) is 0 Å². The van der Waals surface area contributed by atoms with Gasteiger partial charge in [-0.2, -0.15) is 4.37 Å². The van der Waals surface area contributed by atoms with Gasteiger partial charge in [-0.25, -0.2) is 0 Å². The van der Waals surface area contributed by atoms with E-state index in [1.54, 1.807) is 6.20 Å². The zero-order valence-electron chi connectivity index (χ0n) is 7.10. The average molecular weight is 190 g/mol. The number of hydrogen-bond acceptors (Lipinski definition) is 3. The van der Waals surface area contributed by atoms with Crippen molar-refractivity contribution >= 4 is 16.5 Å². The fraction of sp³-hybridized carbons (Fsp3) is 0.100. The minimum Gasteiger partial charge on any atom is -0.372 e. The molecular formula is C10H10N2S. The quantitative estimate of drug-likeness (QED) is 0.805. The lowest BCUT2D eigenvalue weighted by molar-refractivity contribution is 1.16. The molecule has 0 fully saturated rings. The summed E-state index contributed by atoms with van der Waals surface area (Å²) < 4.78 is 4.01. The van der Waals surface area contributed by atoms with E-state index < -0.39 is 0 Å². The van der Waals surface area contributed by atoms with Gasteiger partial charge in [-0.3, -0.25) is 0 Å². The molecule has 0 amide bonds. The Balaban J connectivity index is 1.94. The first-order chi connectivity index (χ1) is 6.45. The number of nitrogens with one attached hydrogen (secondary N) is 1. The van der Waals surface area contributed by atoms with Crippen LogP contribution in [0.2, 0.25) is 0 Å². The molecule has 1 N–H and O–H groups in total. The molecule has 2 rings (SSSR count). The Kier molecular flexibility index (Phi) is 2.57. The second kappa shape index (κ2) is 4.05. The second-order valence-corrected chi connectivity index (χ2v) is 3.55. The van der Waals surface area contributed by atoms with E-state index in [2.05, 4.69) is 21.8 Å². The molecule has 66 valence electrons. The van der Waals surface area contributed by atoms with Gasteiger partial charge in [0.1, 0.15) is 5.00 Å². The summed E-state index contributed by atoms with van der Waals surface area (Å²) in [5.41, 5.74) is 1.29. The number of hydrogen-bond donors (Lipinski definition) is 1. The van der Waals surface area contributed by atoms with Gasteiger partial charge in [-0.15, -0.1) is 0 Å². The number of aromatic nitrogens is 1. The molecule has 0 saturated carbocycles. The van der Waals surface area contributed by atoms with Crippen molar-refractivity contribution in [2.24, 2.45) is 0 Å². The summed E-state index contributed by atoms with van der Waals surface area (Å²) in [7, 11) is 0. The summed E-state index contributed by atoms with van der Waals surface area (Å²) in [5.74, 6) is 0. The lowest BCUT2D eigenvalue weighted by Crippen LogP contribution is -1.96. The molecule has 1 heterocycles. The molecule has 0 aliphatic heterocycles.